The van der Waals surface area contributed by atoms with Crippen molar-refractivity contribution in [3.63, 3.8) is 0 Å². The average Bonchev–Trinajstić information content (AvgIpc) is 2.64. The molecule has 0 bridgehead atoms. The highest BCUT2D eigenvalue weighted by Crippen LogP contribution is 2.29. The Hall–Kier alpha value is -0.410. The Morgan fingerprint density at radius 3 is 3.00 bits per heavy atom. The second-order valence-electron chi connectivity index (χ2n) is 3.85. The topological polar surface area (TPSA) is 33.1 Å². The van der Waals surface area contributed by atoms with Gasteiger partial charge in [0.05, 0.1) is 11.1 Å². The van der Waals surface area contributed by atoms with E-state index in [1.165, 1.54) is 17.8 Å². The first-order chi connectivity index (χ1) is 6.25. The molecule has 0 radical (unpaired) electrons. The lowest BCUT2D eigenvalue weighted by atomic mass is 10.0. The molecule has 1 fully saturated rings. The molecule has 1 N–H and O–H groups in total. The van der Waals surface area contributed by atoms with Gasteiger partial charge in [-0.3, -0.25) is 0 Å². The Morgan fingerprint density at radius 2 is 2.46 bits per heavy atom. The van der Waals surface area contributed by atoms with Crippen molar-refractivity contribution in [3.05, 3.63) is 16.1 Å². The van der Waals surface area contributed by atoms with Crippen molar-refractivity contribution >= 4 is 11.3 Å². The van der Waals surface area contributed by atoms with Gasteiger partial charge in [0.25, 0.3) is 0 Å². The molecule has 0 amide bonds. The van der Waals surface area contributed by atoms with Crippen LogP contribution in [0.4, 0.5) is 0 Å². The molecule has 72 valence electrons. The molecule has 0 aromatic carbocycles. The van der Waals surface area contributed by atoms with Gasteiger partial charge in [0.2, 0.25) is 0 Å². The Labute approximate surface area is 82.6 Å². The minimum absolute atomic E-state index is 0.0794. The summed E-state index contributed by atoms with van der Waals surface area (Å²) in [6.07, 6.45) is 4.22. The molecule has 1 saturated carbocycles. The van der Waals surface area contributed by atoms with Gasteiger partial charge < -0.3 is 5.11 Å². The highest BCUT2D eigenvalue weighted by Gasteiger charge is 2.25. The number of nitrogens with zero attached hydrogens (tertiary/aromatic N) is 1. The van der Waals surface area contributed by atoms with Crippen LogP contribution in [0.15, 0.2) is 5.38 Å². The molecule has 2 nitrogen and oxygen atoms in total. The summed E-state index contributed by atoms with van der Waals surface area (Å²) in [4.78, 5) is 4.42. The molecule has 1 aliphatic rings. The molecule has 0 spiro atoms. The van der Waals surface area contributed by atoms with E-state index >= 15 is 0 Å². The second-order valence-corrected chi connectivity index (χ2v) is 4.79. The summed E-state index contributed by atoms with van der Waals surface area (Å²) in [7, 11) is 0. The summed E-state index contributed by atoms with van der Waals surface area (Å²) in [5.41, 5.74) is 1.10. The minimum atomic E-state index is -0.0794. The van der Waals surface area contributed by atoms with E-state index in [4.69, 9.17) is 0 Å². The highest BCUT2D eigenvalue weighted by atomic mass is 32.1. The van der Waals surface area contributed by atoms with Gasteiger partial charge in [0.1, 0.15) is 0 Å². The number of hydrogen-bond acceptors (Lipinski definition) is 3. The first kappa shape index (κ1) is 9.16. The molecular weight excluding hydrogens is 182 g/mol. The standard InChI is InChI=1S/C10H15NOS/c1-7-6-13-10(11-7)5-8-3-2-4-9(8)12/h6,8-9,12H,2-5H2,1H3. The predicted molar refractivity (Wildman–Crippen MR) is 53.9 cm³/mol. The fraction of sp³-hybridized carbons (Fsp3) is 0.700. The van der Waals surface area contributed by atoms with E-state index in [0.29, 0.717) is 5.92 Å². The average molecular weight is 197 g/mol. The van der Waals surface area contributed by atoms with Gasteiger partial charge in [-0.05, 0) is 25.7 Å². The second kappa shape index (κ2) is 3.76. The SMILES string of the molecule is Cc1csc(CC2CCCC2O)n1. The first-order valence-electron chi connectivity index (χ1n) is 4.85. The number of aliphatic hydroxyl groups is 1. The van der Waals surface area contributed by atoms with Crippen LogP contribution < -0.4 is 0 Å². The van der Waals surface area contributed by atoms with Crippen LogP contribution in [0, 0.1) is 12.8 Å². The van der Waals surface area contributed by atoms with Crippen LogP contribution in [0.5, 0.6) is 0 Å². The lowest BCUT2D eigenvalue weighted by Gasteiger charge is -2.11. The monoisotopic (exact) mass is 197 g/mol. The Bertz CT molecular complexity index is 284. The summed E-state index contributed by atoms with van der Waals surface area (Å²) in [5, 5.41) is 12.9. The van der Waals surface area contributed by atoms with Crippen LogP contribution in [0.2, 0.25) is 0 Å². The number of rotatable bonds is 2. The molecule has 1 aliphatic carbocycles. The third-order valence-electron chi connectivity index (χ3n) is 2.72. The summed E-state index contributed by atoms with van der Waals surface area (Å²) >= 11 is 1.72. The molecule has 1 aromatic rings. The lowest BCUT2D eigenvalue weighted by Crippen LogP contribution is -2.15. The highest BCUT2D eigenvalue weighted by molar-refractivity contribution is 7.09. The number of aliphatic hydroxyl groups excluding tert-OH is 1. The zero-order chi connectivity index (χ0) is 9.26. The van der Waals surface area contributed by atoms with Crippen LogP contribution in [-0.2, 0) is 6.42 Å². The predicted octanol–water partition coefficient (Wildman–Crippen LogP) is 2.16. The Morgan fingerprint density at radius 1 is 1.62 bits per heavy atom. The maximum atomic E-state index is 9.63. The third-order valence-corrected chi connectivity index (χ3v) is 3.71. The van der Waals surface area contributed by atoms with Crippen LogP contribution in [0.3, 0.4) is 0 Å². The zero-order valence-corrected chi connectivity index (χ0v) is 8.68. The van der Waals surface area contributed by atoms with Crippen molar-refractivity contribution in [1.82, 2.24) is 4.98 Å². The summed E-state index contributed by atoms with van der Waals surface area (Å²) in [5.74, 6) is 0.463. The van der Waals surface area contributed by atoms with Crippen molar-refractivity contribution in [1.29, 1.82) is 0 Å². The van der Waals surface area contributed by atoms with Crippen molar-refractivity contribution in [2.45, 2.75) is 38.7 Å². The normalized spacial score (nSPS) is 28.2. The minimum Gasteiger partial charge on any atom is -0.393 e. The van der Waals surface area contributed by atoms with Crippen LogP contribution in [-0.4, -0.2) is 16.2 Å². The summed E-state index contributed by atoms with van der Waals surface area (Å²) in [6.45, 7) is 2.02. The fourth-order valence-electron chi connectivity index (χ4n) is 1.98. The van der Waals surface area contributed by atoms with Gasteiger partial charge in [0, 0.05) is 17.5 Å². The maximum absolute atomic E-state index is 9.63. The number of thiazole rings is 1. The molecule has 2 unspecified atom stereocenters. The lowest BCUT2D eigenvalue weighted by molar-refractivity contribution is 0.132. The van der Waals surface area contributed by atoms with Crippen molar-refractivity contribution in [2.24, 2.45) is 5.92 Å². The Balaban J connectivity index is 1.97. The van der Waals surface area contributed by atoms with Gasteiger partial charge in [-0.25, -0.2) is 4.98 Å². The van der Waals surface area contributed by atoms with Crippen molar-refractivity contribution in [2.75, 3.05) is 0 Å². The van der Waals surface area contributed by atoms with Gasteiger partial charge in [-0.2, -0.15) is 0 Å². The van der Waals surface area contributed by atoms with E-state index < -0.39 is 0 Å². The maximum Gasteiger partial charge on any atom is 0.0931 e. The number of aromatic nitrogens is 1. The molecule has 1 heterocycles. The molecule has 2 atom stereocenters. The van der Waals surface area contributed by atoms with E-state index in [-0.39, 0.29) is 6.10 Å². The number of hydrogen-bond donors (Lipinski definition) is 1. The molecular formula is C10H15NOS. The van der Waals surface area contributed by atoms with Gasteiger partial charge in [-0.1, -0.05) is 6.42 Å². The van der Waals surface area contributed by atoms with Gasteiger partial charge in [0.15, 0.2) is 0 Å². The van der Waals surface area contributed by atoms with Crippen LogP contribution in [0.25, 0.3) is 0 Å². The third kappa shape index (κ3) is 2.09. The summed E-state index contributed by atoms with van der Waals surface area (Å²) < 4.78 is 0. The van der Waals surface area contributed by atoms with E-state index in [1.807, 2.05) is 6.92 Å². The van der Waals surface area contributed by atoms with Gasteiger partial charge >= 0.3 is 0 Å². The summed E-state index contributed by atoms with van der Waals surface area (Å²) in [6, 6.07) is 0. The first-order valence-corrected chi connectivity index (χ1v) is 5.73. The molecule has 1 aromatic heterocycles. The Kier molecular flexibility index (Phi) is 2.65. The van der Waals surface area contributed by atoms with Crippen molar-refractivity contribution < 1.29 is 5.11 Å². The molecule has 13 heavy (non-hydrogen) atoms. The fourth-order valence-corrected chi connectivity index (χ4v) is 2.84. The number of aryl methyl sites for hydroxylation is 1. The van der Waals surface area contributed by atoms with Crippen molar-refractivity contribution in [3.8, 4) is 0 Å². The van der Waals surface area contributed by atoms with Crippen LogP contribution in [0.1, 0.15) is 30.0 Å². The van der Waals surface area contributed by atoms with E-state index in [2.05, 4.69) is 10.4 Å². The van der Waals surface area contributed by atoms with E-state index in [9.17, 15) is 5.11 Å². The quantitative estimate of drug-likeness (QED) is 0.788. The largest absolute Gasteiger partial charge is 0.393 e. The van der Waals surface area contributed by atoms with E-state index in [0.717, 1.165) is 18.5 Å². The molecule has 0 saturated heterocycles. The van der Waals surface area contributed by atoms with Gasteiger partial charge in [-0.15, -0.1) is 11.3 Å². The molecule has 2 rings (SSSR count). The van der Waals surface area contributed by atoms with Crippen LogP contribution >= 0.6 is 11.3 Å². The zero-order valence-electron chi connectivity index (χ0n) is 7.86. The van der Waals surface area contributed by atoms with E-state index in [1.54, 1.807) is 11.3 Å². The smallest absolute Gasteiger partial charge is 0.0931 e. The molecule has 3 heteroatoms. The molecule has 0 aliphatic heterocycles.